The number of allylic oxidation sites excluding steroid dienone is 1. The standard InChI is InChI=1S/C20H30O2/c1-18-10-7-14(21)12-13(18)6-9-19(2)15-4-5-17(22)20(15,3)11-8-16(18)19/h6,14-16,21H,4-5,7-12H2,1-3H3/t14-,15-,16+,18-,19-,20-/m0/s1. The summed E-state index contributed by atoms with van der Waals surface area (Å²) in [7, 11) is 0. The predicted molar refractivity (Wildman–Crippen MR) is 87.3 cm³/mol. The molecule has 6 atom stereocenters. The maximum Gasteiger partial charge on any atom is 0.139 e. The van der Waals surface area contributed by atoms with E-state index in [1.165, 1.54) is 12.0 Å². The molecule has 122 valence electrons. The molecule has 2 nitrogen and oxygen atoms in total. The molecule has 22 heavy (non-hydrogen) atoms. The average molecular weight is 302 g/mol. The molecule has 0 aromatic carbocycles. The van der Waals surface area contributed by atoms with Gasteiger partial charge in [-0.05, 0) is 67.6 Å². The van der Waals surface area contributed by atoms with Gasteiger partial charge in [-0.25, -0.2) is 0 Å². The van der Waals surface area contributed by atoms with E-state index in [-0.39, 0.29) is 22.3 Å². The molecule has 0 amide bonds. The monoisotopic (exact) mass is 302 g/mol. The Morgan fingerprint density at radius 2 is 1.73 bits per heavy atom. The van der Waals surface area contributed by atoms with E-state index >= 15 is 0 Å². The van der Waals surface area contributed by atoms with Crippen molar-refractivity contribution in [3.05, 3.63) is 11.6 Å². The lowest BCUT2D eigenvalue weighted by Gasteiger charge is -2.62. The summed E-state index contributed by atoms with van der Waals surface area (Å²) in [5.41, 5.74) is 2.00. The third-order valence-corrected chi connectivity index (χ3v) is 8.35. The molecule has 0 spiro atoms. The lowest BCUT2D eigenvalue weighted by atomic mass is 9.42. The lowest BCUT2D eigenvalue weighted by Crippen LogP contribution is -2.56. The Morgan fingerprint density at radius 1 is 1.05 bits per heavy atom. The molecular weight excluding hydrogens is 272 g/mol. The summed E-state index contributed by atoms with van der Waals surface area (Å²) in [4.78, 5) is 12.5. The van der Waals surface area contributed by atoms with Crippen LogP contribution >= 0.6 is 0 Å². The van der Waals surface area contributed by atoms with E-state index < -0.39 is 0 Å². The SMILES string of the molecule is C[C@@]12CC=C3C[C@@H](O)CC[C@]3(C)[C@H]1CC[C@]1(C)C(=O)CC[C@@H]21. The quantitative estimate of drug-likeness (QED) is 0.679. The second-order valence-electron chi connectivity index (χ2n) is 9.28. The molecule has 0 aromatic rings. The number of hydrogen-bond acceptors (Lipinski definition) is 2. The number of fused-ring (bicyclic) bond motifs is 5. The number of carbonyl (C=O) groups is 1. The molecule has 0 saturated heterocycles. The normalized spacial score (nSPS) is 54.3. The van der Waals surface area contributed by atoms with Crippen LogP contribution in [0.1, 0.15) is 72.1 Å². The van der Waals surface area contributed by atoms with Gasteiger partial charge in [-0.1, -0.05) is 32.4 Å². The van der Waals surface area contributed by atoms with Crippen molar-refractivity contribution in [2.24, 2.45) is 28.1 Å². The minimum atomic E-state index is -0.134. The van der Waals surface area contributed by atoms with Crippen LogP contribution in [0.25, 0.3) is 0 Å². The van der Waals surface area contributed by atoms with Crippen LogP contribution < -0.4 is 0 Å². The summed E-state index contributed by atoms with van der Waals surface area (Å²) < 4.78 is 0. The summed E-state index contributed by atoms with van der Waals surface area (Å²) in [6.07, 6.45) is 10.6. The van der Waals surface area contributed by atoms with Crippen molar-refractivity contribution >= 4 is 5.78 Å². The summed E-state index contributed by atoms with van der Waals surface area (Å²) in [5.74, 6) is 1.78. The maximum absolute atomic E-state index is 12.5. The first-order chi connectivity index (χ1) is 10.3. The van der Waals surface area contributed by atoms with Crippen LogP contribution in [0.3, 0.4) is 0 Å². The fourth-order valence-electron chi connectivity index (χ4n) is 7.07. The van der Waals surface area contributed by atoms with E-state index in [2.05, 4.69) is 26.8 Å². The van der Waals surface area contributed by atoms with Crippen LogP contribution in [-0.4, -0.2) is 17.0 Å². The number of rotatable bonds is 0. The van der Waals surface area contributed by atoms with Crippen molar-refractivity contribution in [3.63, 3.8) is 0 Å². The van der Waals surface area contributed by atoms with E-state index in [4.69, 9.17) is 0 Å². The third-order valence-electron chi connectivity index (χ3n) is 8.35. The number of hydrogen-bond donors (Lipinski definition) is 1. The van der Waals surface area contributed by atoms with Crippen LogP contribution in [0.2, 0.25) is 0 Å². The molecule has 2 heteroatoms. The van der Waals surface area contributed by atoms with Gasteiger partial charge in [0.15, 0.2) is 0 Å². The number of aliphatic hydroxyl groups excluding tert-OH is 1. The first-order valence-electron chi connectivity index (χ1n) is 9.21. The number of ketones is 1. The van der Waals surface area contributed by atoms with Crippen LogP contribution in [0, 0.1) is 28.1 Å². The topological polar surface area (TPSA) is 37.3 Å². The first kappa shape index (κ1) is 14.9. The van der Waals surface area contributed by atoms with Gasteiger partial charge in [0.1, 0.15) is 5.78 Å². The average Bonchev–Trinajstić information content (AvgIpc) is 2.77. The fraction of sp³-hybridized carbons (Fsp3) is 0.850. The zero-order chi connectivity index (χ0) is 15.8. The van der Waals surface area contributed by atoms with Crippen molar-refractivity contribution in [3.8, 4) is 0 Å². The van der Waals surface area contributed by atoms with E-state index in [9.17, 15) is 9.90 Å². The molecule has 0 bridgehead atoms. The van der Waals surface area contributed by atoms with Crippen LogP contribution in [0.5, 0.6) is 0 Å². The molecule has 3 fully saturated rings. The molecular formula is C20H30O2. The van der Waals surface area contributed by atoms with E-state index in [0.29, 0.717) is 17.6 Å². The lowest BCUT2D eigenvalue weighted by molar-refractivity contribution is -0.140. The minimum Gasteiger partial charge on any atom is -0.393 e. The van der Waals surface area contributed by atoms with Gasteiger partial charge in [-0.15, -0.1) is 0 Å². The molecule has 1 N–H and O–H groups in total. The van der Waals surface area contributed by atoms with E-state index in [1.807, 2.05) is 0 Å². The highest BCUT2D eigenvalue weighted by atomic mass is 16.3. The fourth-order valence-corrected chi connectivity index (χ4v) is 7.07. The van der Waals surface area contributed by atoms with Gasteiger partial charge >= 0.3 is 0 Å². The Hall–Kier alpha value is -0.630. The molecule has 0 aromatic heterocycles. The summed E-state index contributed by atoms with van der Waals surface area (Å²) >= 11 is 0. The Kier molecular flexibility index (Phi) is 3.03. The maximum atomic E-state index is 12.5. The minimum absolute atomic E-state index is 0.0544. The van der Waals surface area contributed by atoms with Crippen molar-refractivity contribution < 1.29 is 9.90 Å². The van der Waals surface area contributed by atoms with E-state index in [0.717, 1.165) is 44.9 Å². The Balaban J connectivity index is 1.76. The Bertz CT molecular complexity index is 550. The van der Waals surface area contributed by atoms with E-state index in [1.54, 1.807) is 0 Å². The Morgan fingerprint density at radius 3 is 2.50 bits per heavy atom. The molecule has 0 radical (unpaired) electrons. The zero-order valence-electron chi connectivity index (χ0n) is 14.3. The van der Waals surface area contributed by atoms with Crippen molar-refractivity contribution in [1.29, 1.82) is 0 Å². The highest BCUT2D eigenvalue weighted by molar-refractivity contribution is 5.87. The summed E-state index contributed by atoms with van der Waals surface area (Å²) in [6, 6.07) is 0. The summed E-state index contributed by atoms with van der Waals surface area (Å²) in [6.45, 7) is 7.18. The Labute approximate surface area is 134 Å². The van der Waals surface area contributed by atoms with Gasteiger partial charge in [0.05, 0.1) is 6.10 Å². The molecule has 0 heterocycles. The van der Waals surface area contributed by atoms with Crippen molar-refractivity contribution in [2.45, 2.75) is 78.2 Å². The highest BCUT2D eigenvalue weighted by Gasteiger charge is 2.63. The molecule has 3 saturated carbocycles. The van der Waals surface area contributed by atoms with Gasteiger partial charge in [0.2, 0.25) is 0 Å². The number of carbonyl (C=O) groups excluding carboxylic acids is 1. The van der Waals surface area contributed by atoms with Crippen molar-refractivity contribution in [1.82, 2.24) is 0 Å². The third kappa shape index (κ3) is 1.68. The van der Waals surface area contributed by atoms with Crippen molar-refractivity contribution in [2.75, 3.05) is 0 Å². The second-order valence-corrected chi connectivity index (χ2v) is 9.28. The number of aliphatic hydroxyl groups is 1. The van der Waals surface area contributed by atoms with Gasteiger partial charge in [-0.3, -0.25) is 4.79 Å². The number of Topliss-reactive ketones (excluding diaryl/α,β-unsaturated/α-hetero) is 1. The summed E-state index contributed by atoms with van der Waals surface area (Å²) in [5, 5.41) is 10.1. The predicted octanol–water partition coefficient (Wildman–Crippen LogP) is 4.27. The van der Waals surface area contributed by atoms with Gasteiger partial charge in [0.25, 0.3) is 0 Å². The molecule has 0 unspecified atom stereocenters. The second kappa shape index (κ2) is 4.47. The molecule has 4 aliphatic rings. The van der Waals surface area contributed by atoms with Gasteiger partial charge < -0.3 is 5.11 Å². The highest BCUT2D eigenvalue weighted by Crippen LogP contribution is 2.69. The largest absolute Gasteiger partial charge is 0.393 e. The van der Waals surface area contributed by atoms with Gasteiger partial charge in [-0.2, -0.15) is 0 Å². The van der Waals surface area contributed by atoms with Crippen LogP contribution in [0.15, 0.2) is 11.6 Å². The smallest absolute Gasteiger partial charge is 0.139 e. The van der Waals surface area contributed by atoms with Crippen LogP contribution in [0.4, 0.5) is 0 Å². The van der Waals surface area contributed by atoms with Gasteiger partial charge in [0, 0.05) is 11.8 Å². The van der Waals surface area contributed by atoms with Crippen LogP contribution in [-0.2, 0) is 4.79 Å². The molecule has 0 aliphatic heterocycles. The first-order valence-corrected chi connectivity index (χ1v) is 9.21. The molecule has 4 aliphatic carbocycles. The zero-order valence-corrected chi connectivity index (χ0v) is 14.3. The molecule has 4 rings (SSSR count).